The standard InChI is InChI=1S/C16H32O2/c1-4-14(3)17-13-9-12-15(5-2)18-16-10-7-6-8-11-16/h14-16H,4-13H2,1-3H3. The van der Waals surface area contributed by atoms with Crippen molar-refractivity contribution >= 4 is 0 Å². The maximum atomic E-state index is 6.22. The van der Waals surface area contributed by atoms with E-state index in [4.69, 9.17) is 9.47 Å². The van der Waals surface area contributed by atoms with E-state index < -0.39 is 0 Å². The van der Waals surface area contributed by atoms with Crippen LogP contribution in [0.5, 0.6) is 0 Å². The van der Waals surface area contributed by atoms with E-state index in [2.05, 4.69) is 20.8 Å². The molecule has 0 spiro atoms. The summed E-state index contributed by atoms with van der Waals surface area (Å²) in [6, 6.07) is 0. The Morgan fingerprint density at radius 1 is 1.06 bits per heavy atom. The Hall–Kier alpha value is -0.0800. The number of rotatable bonds is 9. The molecule has 2 unspecified atom stereocenters. The molecule has 2 heteroatoms. The van der Waals surface area contributed by atoms with Crippen molar-refractivity contribution in [2.45, 2.75) is 96.9 Å². The Balaban J connectivity index is 2.08. The first-order valence-electron chi connectivity index (χ1n) is 8.03. The van der Waals surface area contributed by atoms with Gasteiger partial charge in [0.25, 0.3) is 0 Å². The first kappa shape index (κ1) is 16.0. The van der Waals surface area contributed by atoms with Crippen molar-refractivity contribution in [1.29, 1.82) is 0 Å². The van der Waals surface area contributed by atoms with E-state index in [1.54, 1.807) is 0 Å². The SMILES string of the molecule is CCC(C)OCCCC(CC)OC1CCCCC1. The summed E-state index contributed by atoms with van der Waals surface area (Å²) in [4.78, 5) is 0. The van der Waals surface area contributed by atoms with Crippen molar-refractivity contribution in [3.63, 3.8) is 0 Å². The van der Waals surface area contributed by atoms with Crippen molar-refractivity contribution in [1.82, 2.24) is 0 Å². The summed E-state index contributed by atoms with van der Waals surface area (Å²) in [6.07, 6.45) is 12.6. The van der Waals surface area contributed by atoms with Crippen LogP contribution in [0.2, 0.25) is 0 Å². The molecule has 1 aliphatic carbocycles. The Kier molecular flexibility index (Phi) is 8.70. The molecule has 1 aliphatic rings. The van der Waals surface area contributed by atoms with Crippen LogP contribution in [0.3, 0.4) is 0 Å². The molecule has 18 heavy (non-hydrogen) atoms. The van der Waals surface area contributed by atoms with Gasteiger partial charge in [-0.05, 0) is 45.4 Å². The highest BCUT2D eigenvalue weighted by Gasteiger charge is 2.17. The maximum Gasteiger partial charge on any atom is 0.0578 e. The third-order valence-electron chi connectivity index (χ3n) is 4.04. The Morgan fingerprint density at radius 3 is 2.39 bits per heavy atom. The molecule has 0 heterocycles. The van der Waals surface area contributed by atoms with Crippen LogP contribution in [0.15, 0.2) is 0 Å². The minimum absolute atomic E-state index is 0.407. The second kappa shape index (κ2) is 9.80. The molecule has 0 N–H and O–H groups in total. The topological polar surface area (TPSA) is 18.5 Å². The van der Waals surface area contributed by atoms with E-state index in [0.717, 1.165) is 32.3 Å². The minimum Gasteiger partial charge on any atom is -0.379 e. The van der Waals surface area contributed by atoms with Crippen LogP contribution < -0.4 is 0 Å². The van der Waals surface area contributed by atoms with E-state index in [9.17, 15) is 0 Å². The van der Waals surface area contributed by atoms with Gasteiger partial charge in [0.05, 0.1) is 18.3 Å². The molecule has 1 saturated carbocycles. The van der Waals surface area contributed by atoms with Gasteiger partial charge in [-0.15, -0.1) is 0 Å². The van der Waals surface area contributed by atoms with Crippen molar-refractivity contribution in [3.05, 3.63) is 0 Å². The van der Waals surface area contributed by atoms with Crippen molar-refractivity contribution in [2.75, 3.05) is 6.61 Å². The second-order valence-corrected chi connectivity index (χ2v) is 5.66. The van der Waals surface area contributed by atoms with Crippen LogP contribution in [0.1, 0.15) is 78.6 Å². The fourth-order valence-corrected chi connectivity index (χ4v) is 2.56. The van der Waals surface area contributed by atoms with Crippen molar-refractivity contribution in [2.24, 2.45) is 0 Å². The van der Waals surface area contributed by atoms with Gasteiger partial charge in [0.1, 0.15) is 0 Å². The normalized spacial score (nSPS) is 20.8. The van der Waals surface area contributed by atoms with Gasteiger partial charge in [0, 0.05) is 6.61 Å². The third-order valence-corrected chi connectivity index (χ3v) is 4.04. The third kappa shape index (κ3) is 6.75. The molecule has 0 radical (unpaired) electrons. The molecule has 2 atom stereocenters. The lowest BCUT2D eigenvalue weighted by molar-refractivity contribution is -0.0401. The van der Waals surface area contributed by atoms with E-state index >= 15 is 0 Å². The predicted molar refractivity (Wildman–Crippen MR) is 77.0 cm³/mol. The molecular weight excluding hydrogens is 224 g/mol. The minimum atomic E-state index is 0.407. The zero-order valence-electron chi connectivity index (χ0n) is 12.6. The fourth-order valence-electron chi connectivity index (χ4n) is 2.56. The smallest absolute Gasteiger partial charge is 0.0578 e. The summed E-state index contributed by atoms with van der Waals surface area (Å²) in [5, 5.41) is 0. The van der Waals surface area contributed by atoms with Gasteiger partial charge >= 0.3 is 0 Å². The molecule has 2 nitrogen and oxygen atoms in total. The summed E-state index contributed by atoms with van der Waals surface area (Å²) < 4.78 is 11.9. The average molecular weight is 256 g/mol. The molecule has 1 rings (SSSR count). The molecule has 0 saturated heterocycles. The van der Waals surface area contributed by atoms with Crippen molar-refractivity contribution in [3.8, 4) is 0 Å². The molecule has 0 aromatic carbocycles. The van der Waals surface area contributed by atoms with E-state index in [1.165, 1.54) is 32.1 Å². The van der Waals surface area contributed by atoms with Gasteiger partial charge in [-0.3, -0.25) is 0 Å². The van der Waals surface area contributed by atoms with Crippen LogP contribution in [-0.2, 0) is 9.47 Å². The molecule has 0 bridgehead atoms. The number of hydrogen-bond donors (Lipinski definition) is 0. The zero-order chi connectivity index (χ0) is 13.2. The monoisotopic (exact) mass is 256 g/mol. The van der Waals surface area contributed by atoms with E-state index in [0.29, 0.717) is 18.3 Å². The second-order valence-electron chi connectivity index (χ2n) is 5.66. The van der Waals surface area contributed by atoms with Gasteiger partial charge in [-0.25, -0.2) is 0 Å². The fraction of sp³-hybridized carbons (Fsp3) is 1.00. The van der Waals surface area contributed by atoms with Crippen LogP contribution in [-0.4, -0.2) is 24.9 Å². The number of hydrogen-bond acceptors (Lipinski definition) is 2. The lowest BCUT2D eigenvalue weighted by Gasteiger charge is -2.27. The van der Waals surface area contributed by atoms with Crippen molar-refractivity contribution < 1.29 is 9.47 Å². The first-order chi connectivity index (χ1) is 8.76. The molecule has 0 aliphatic heterocycles. The van der Waals surface area contributed by atoms with Gasteiger partial charge in [0.2, 0.25) is 0 Å². The highest BCUT2D eigenvalue weighted by molar-refractivity contribution is 4.68. The quantitative estimate of drug-likeness (QED) is 0.556. The summed E-state index contributed by atoms with van der Waals surface area (Å²) in [7, 11) is 0. The molecule has 0 aromatic rings. The Bertz CT molecular complexity index is 188. The number of ether oxygens (including phenoxy) is 2. The van der Waals surface area contributed by atoms with Gasteiger partial charge in [0.15, 0.2) is 0 Å². The van der Waals surface area contributed by atoms with Gasteiger partial charge in [-0.1, -0.05) is 33.1 Å². The highest BCUT2D eigenvalue weighted by atomic mass is 16.5. The Labute approximate surface area is 113 Å². The summed E-state index contributed by atoms with van der Waals surface area (Å²) >= 11 is 0. The summed E-state index contributed by atoms with van der Waals surface area (Å²) in [5.74, 6) is 0. The van der Waals surface area contributed by atoms with Crippen LogP contribution in [0, 0.1) is 0 Å². The molecular formula is C16H32O2. The highest BCUT2D eigenvalue weighted by Crippen LogP contribution is 2.23. The molecule has 0 aromatic heterocycles. The summed E-state index contributed by atoms with van der Waals surface area (Å²) in [5.41, 5.74) is 0. The van der Waals surface area contributed by atoms with Crippen LogP contribution in [0.4, 0.5) is 0 Å². The van der Waals surface area contributed by atoms with Crippen LogP contribution >= 0.6 is 0 Å². The molecule has 1 fully saturated rings. The Morgan fingerprint density at radius 2 is 1.78 bits per heavy atom. The maximum absolute atomic E-state index is 6.22. The van der Waals surface area contributed by atoms with E-state index in [1.807, 2.05) is 0 Å². The lowest BCUT2D eigenvalue weighted by Crippen LogP contribution is -2.24. The summed E-state index contributed by atoms with van der Waals surface area (Å²) in [6.45, 7) is 7.45. The van der Waals surface area contributed by atoms with Gasteiger partial charge in [-0.2, -0.15) is 0 Å². The van der Waals surface area contributed by atoms with Crippen LogP contribution in [0.25, 0.3) is 0 Å². The zero-order valence-corrected chi connectivity index (χ0v) is 12.6. The molecule has 108 valence electrons. The van der Waals surface area contributed by atoms with E-state index in [-0.39, 0.29) is 0 Å². The lowest BCUT2D eigenvalue weighted by atomic mass is 9.97. The molecule has 0 amide bonds. The largest absolute Gasteiger partial charge is 0.379 e. The first-order valence-corrected chi connectivity index (χ1v) is 8.03. The predicted octanol–water partition coefficient (Wildman–Crippen LogP) is 4.71. The van der Waals surface area contributed by atoms with Gasteiger partial charge < -0.3 is 9.47 Å². The average Bonchev–Trinajstić information content (AvgIpc) is 2.43.